The summed E-state index contributed by atoms with van der Waals surface area (Å²) in [5.41, 5.74) is 2.43. The highest BCUT2D eigenvalue weighted by atomic mass is 35.5. The molecule has 0 bridgehead atoms. The fourth-order valence-corrected chi connectivity index (χ4v) is 2.23. The van der Waals surface area contributed by atoms with Gasteiger partial charge in [-0.25, -0.2) is 0 Å². The van der Waals surface area contributed by atoms with Gasteiger partial charge < -0.3 is 4.74 Å². The largest absolute Gasteiger partial charge is 0.487 e. The number of hydrogen-bond acceptors (Lipinski definition) is 2. The van der Waals surface area contributed by atoms with Crippen LogP contribution in [0.2, 0.25) is 5.02 Å². The van der Waals surface area contributed by atoms with Crippen LogP contribution in [0.15, 0.2) is 42.5 Å². The van der Waals surface area contributed by atoms with Crippen LogP contribution >= 0.6 is 11.6 Å². The maximum atomic E-state index is 11.4. The second kappa shape index (κ2) is 4.35. The van der Waals surface area contributed by atoms with Gasteiger partial charge in [-0.1, -0.05) is 29.8 Å². The van der Waals surface area contributed by atoms with Crippen LogP contribution in [0, 0.1) is 0 Å². The molecule has 0 N–H and O–H groups in total. The molecule has 0 aromatic heterocycles. The van der Waals surface area contributed by atoms with Crippen LogP contribution in [0.4, 0.5) is 11.4 Å². The number of carbonyl (C=O) groups is 1. The monoisotopic (exact) mass is 259 g/mol. The molecule has 0 fully saturated rings. The van der Waals surface area contributed by atoms with E-state index in [1.807, 2.05) is 30.3 Å². The van der Waals surface area contributed by atoms with Gasteiger partial charge in [0.1, 0.15) is 12.4 Å². The molecule has 1 amide bonds. The molecule has 2 aromatic rings. The average molecular weight is 260 g/mol. The summed E-state index contributed by atoms with van der Waals surface area (Å²) >= 11 is 6.00. The molecule has 2 aromatic carbocycles. The van der Waals surface area contributed by atoms with E-state index >= 15 is 0 Å². The lowest BCUT2D eigenvalue weighted by Crippen LogP contribution is -2.14. The Morgan fingerprint density at radius 1 is 1.17 bits per heavy atom. The second-order valence-electron chi connectivity index (χ2n) is 4.00. The van der Waals surface area contributed by atoms with Gasteiger partial charge in [0, 0.05) is 10.6 Å². The molecule has 90 valence electrons. The fourth-order valence-electron chi connectivity index (χ4n) is 2.06. The Balaban J connectivity index is 2.23. The summed E-state index contributed by atoms with van der Waals surface area (Å²) in [5.74, 6) is 0.692. The maximum absolute atomic E-state index is 11.4. The number of anilines is 2. The zero-order valence-electron chi connectivity index (χ0n) is 9.47. The summed E-state index contributed by atoms with van der Waals surface area (Å²) in [7, 11) is 0. The minimum Gasteiger partial charge on any atom is -0.487 e. The van der Waals surface area contributed by atoms with Crippen LogP contribution in [0.25, 0.3) is 0 Å². The number of hydrogen-bond donors (Lipinski definition) is 0. The number of ether oxygens (including phenoxy) is 1. The van der Waals surface area contributed by atoms with Gasteiger partial charge in [0.05, 0.1) is 11.4 Å². The quantitative estimate of drug-likeness (QED) is 0.734. The Hall–Kier alpha value is -2.00. The highest BCUT2D eigenvalue weighted by Crippen LogP contribution is 2.39. The van der Waals surface area contributed by atoms with Crippen LogP contribution in [-0.4, -0.2) is 6.41 Å². The zero-order valence-corrected chi connectivity index (χ0v) is 10.2. The van der Waals surface area contributed by atoms with Crippen molar-refractivity contribution >= 4 is 29.4 Å². The standard InChI is InChI=1S/C14H10ClNO2/c15-11-6-5-10-8-18-14-4-2-1-3-12(14)16(9-17)13(10)7-11/h1-7,9H,8H2. The minimum absolute atomic E-state index is 0.424. The van der Waals surface area contributed by atoms with Gasteiger partial charge in [0.15, 0.2) is 0 Å². The Morgan fingerprint density at radius 3 is 2.83 bits per heavy atom. The van der Waals surface area contributed by atoms with E-state index in [2.05, 4.69) is 0 Å². The second-order valence-corrected chi connectivity index (χ2v) is 4.44. The van der Waals surface area contributed by atoms with E-state index in [0.29, 0.717) is 17.4 Å². The third kappa shape index (κ3) is 1.73. The lowest BCUT2D eigenvalue weighted by molar-refractivity contribution is -0.106. The highest BCUT2D eigenvalue weighted by molar-refractivity contribution is 6.31. The molecule has 0 unspecified atom stereocenters. The van der Waals surface area contributed by atoms with Gasteiger partial charge in [-0.3, -0.25) is 9.69 Å². The van der Waals surface area contributed by atoms with Gasteiger partial charge >= 0.3 is 0 Å². The lowest BCUT2D eigenvalue weighted by atomic mass is 10.1. The van der Waals surface area contributed by atoms with Crippen LogP contribution in [0.5, 0.6) is 5.75 Å². The Kier molecular flexibility index (Phi) is 2.68. The van der Waals surface area contributed by atoms with E-state index in [1.54, 1.807) is 17.0 Å². The summed E-state index contributed by atoms with van der Waals surface area (Å²) in [6, 6.07) is 12.9. The molecule has 18 heavy (non-hydrogen) atoms. The summed E-state index contributed by atoms with van der Waals surface area (Å²) < 4.78 is 5.70. The number of amides is 1. The molecule has 0 radical (unpaired) electrons. The van der Waals surface area contributed by atoms with Gasteiger partial charge in [-0.2, -0.15) is 0 Å². The highest BCUT2D eigenvalue weighted by Gasteiger charge is 2.20. The fraction of sp³-hybridized carbons (Fsp3) is 0.0714. The molecule has 3 nitrogen and oxygen atoms in total. The Morgan fingerprint density at radius 2 is 2.00 bits per heavy atom. The predicted molar refractivity (Wildman–Crippen MR) is 70.4 cm³/mol. The number of benzene rings is 2. The van der Waals surface area contributed by atoms with E-state index < -0.39 is 0 Å². The van der Waals surface area contributed by atoms with Crippen molar-refractivity contribution in [1.29, 1.82) is 0 Å². The Bertz CT molecular complexity index is 612. The van der Waals surface area contributed by atoms with Crippen LogP contribution in [-0.2, 0) is 11.4 Å². The molecule has 3 rings (SSSR count). The van der Waals surface area contributed by atoms with E-state index in [9.17, 15) is 4.79 Å². The minimum atomic E-state index is 0.424. The number of nitrogens with zero attached hydrogens (tertiary/aromatic N) is 1. The van der Waals surface area contributed by atoms with Crippen molar-refractivity contribution < 1.29 is 9.53 Å². The maximum Gasteiger partial charge on any atom is 0.218 e. The third-order valence-electron chi connectivity index (χ3n) is 2.92. The smallest absolute Gasteiger partial charge is 0.218 e. The molecular weight excluding hydrogens is 250 g/mol. The third-order valence-corrected chi connectivity index (χ3v) is 3.16. The first-order chi connectivity index (χ1) is 8.79. The number of carbonyl (C=O) groups excluding carboxylic acids is 1. The van der Waals surface area contributed by atoms with Crippen molar-refractivity contribution in [3.8, 4) is 5.75 Å². The first kappa shape index (κ1) is 11.1. The van der Waals surface area contributed by atoms with Gasteiger partial charge in [-0.15, -0.1) is 0 Å². The van der Waals surface area contributed by atoms with Crippen molar-refractivity contribution in [2.24, 2.45) is 0 Å². The number of halogens is 1. The van der Waals surface area contributed by atoms with Gasteiger partial charge in [0.2, 0.25) is 6.41 Å². The summed E-state index contributed by atoms with van der Waals surface area (Å²) in [6.07, 6.45) is 0.780. The summed E-state index contributed by atoms with van der Waals surface area (Å²) in [6.45, 7) is 0.424. The molecule has 0 aliphatic carbocycles. The molecule has 0 saturated heterocycles. The van der Waals surface area contributed by atoms with Crippen molar-refractivity contribution in [3.05, 3.63) is 53.1 Å². The van der Waals surface area contributed by atoms with E-state index in [-0.39, 0.29) is 0 Å². The average Bonchev–Trinajstić information content (AvgIpc) is 2.54. The van der Waals surface area contributed by atoms with Crippen molar-refractivity contribution in [2.45, 2.75) is 6.61 Å². The molecular formula is C14H10ClNO2. The first-order valence-corrected chi connectivity index (χ1v) is 5.92. The topological polar surface area (TPSA) is 29.5 Å². The predicted octanol–water partition coefficient (Wildman–Crippen LogP) is 3.53. The molecule has 0 atom stereocenters. The summed E-state index contributed by atoms with van der Waals surface area (Å²) in [5, 5.41) is 0.597. The van der Waals surface area contributed by atoms with E-state index in [0.717, 1.165) is 23.3 Å². The van der Waals surface area contributed by atoms with E-state index in [1.165, 1.54) is 0 Å². The normalized spacial score (nSPS) is 13.1. The van der Waals surface area contributed by atoms with Crippen LogP contribution in [0.3, 0.4) is 0 Å². The number of fused-ring (bicyclic) bond motifs is 2. The van der Waals surface area contributed by atoms with Crippen molar-refractivity contribution in [2.75, 3.05) is 4.90 Å². The Labute approximate surface area is 110 Å². The molecule has 1 aliphatic heterocycles. The molecule has 1 aliphatic rings. The molecule has 4 heteroatoms. The molecule has 0 saturated carbocycles. The molecule has 1 heterocycles. The summed E-state index contributed by atoms with van der Waals surface area (Å²) in [4.78, 5) is 12.9. The van der Waals surface area contributed by atoms with Gasteiger partial charge in [0.25, 0.3) is 0 Å². The zero-order chi connectivity index (χ0) is 12.5. The van der Waals surface area contributed by atoms with E-state index in [4.69, 9.17) is 16.3 Å². The molecule has 0 spiro atoms. The van der Waals surface area contributed by atoms with Crippen LogP contribution in [0.1, 0.15) is 5.56 Å². The van der Waals surface area contributed by atoms with Crippen molar-refractivity contribution in [3.63, 3.8) is 0 Å². The number of para-hydroxylation sites is 2. The lowest BCUT2D eigenvalue weighted by Gasteiger charge is -2.18. The van der Waals surface area contributed by atoms with Gasteiger partial charge in [-0.05, 0) is 24.3 Å². The number of rotatable bonds is 1. The van der Waals surface area contributed by atoms with Crippen molar-refractivity contribution in [1.82, 2.24) is 0 Å². The SMILES string of the molecule is O=CN1c2cc(Cl)ccc2COc2ccccc21. The van der Waals surface area contributed by atoms with Crippen LogP contribution < -0.4 is 9.64 Å². The first-order valence-electron chi connectivity index (χ1n) is 5.54.